The zero-order valence-corrected chi connectivity index (χ0v) is 14.3. The number of amides is 1. The van der Waals surface area contributed by atoms with E-state index in [0.717, 1.165) is 30.2 Å². The lowest BCUT2D eigenvalue weighted by molar-refractivity contribution is -0.131. The average Bonchev–Trinajstić information content (AvgIpc) is 2.97. The summed E-state index contributed by atoms with van der Waals surface area (Å²) in [4.78, 5) is 18.9. The fraction of sp³-hybridized carbons (Fsp3) is 0.474. The first-order valence-electron chi connectivity index (χ1n) is 8.55. The second-order valence-corrected chi connectivity index (χ2v) is 6.78. The molecule has 5 heteroatoms. The number of rotatable bonds is 5. The number of aryl methyl sites for hydroxylation is 1. The Bertz CT molecular complexity index is 721. The third-order valence-corrected chi connectivity index (χ3v) is 4.39. The Kier molecular flexibility index (Phi) is 4.88. The van der Waals surface area contributed by atoms with Gasteiger partial charge in [0.1, 0.15) is 17.2 Å². The fourth-order valence-corrected chi connectivity index (χ4v) is 2.92. The van der Waals surface area contributed by atoms with Crippen LogP contribution in [0.25, 0.3) is 0 Å². The van der Waals surface area contributed by atoms with Crippen LogP contribution in [0, 0.1) is 5.92 Å². The van der Waals surface area contributed by atoms with Crippen LogP contribution >= 0.6 is 0 Å². The average molecular weight is 328 g/mol. The molecule has 1 N–H and O–H groups in total. The van der Waals surface area contributed by atoms with E-state index in [2.05, 4.69) is 18.8 Å². The highest BCUT2D eigenvalue weighted by molar-refractivity contribution is 5.79. The molecule has 24 heavy (non-hydrogen) atoms. The summed E-state index contributed by atoms with van der Waals surface area (Å²) in [7, 11) is 0. The molecular weight excluding hydrogens is 304 g/mol. The number of para-hydroxylation sites is 1. The predicted octanol–water partition coefficient (Wildman–Crippen LogP) is 3.10. The number of nitrogens with zero attached hydrogens (tertiary/aromatic N) is 2. The van der Waals surface area contributed by atoms with Crippen LogP contribution in [0.1, 0.15) is 43.2 Å². The molecule has 0 aliphatic carbocycles. The lowest BCUT2D eigenvalue weighted by Gasteiger charge is -2.25. The van der Waals surface area contributed by atoms with Crippen molar-refractivity contribution in [1.29, 1.82) is 0 Å². The Morgan fingerprint density at radius 3 is 2.92 bits per heavy atom. The smallest absolute Gasteiger partial charge is 0.227 e. The summed E-state index contributed by atoms with van der Waals surface area (Å²) >= 11 is 0. The molecule has 0 saturated heterocycles. The van der Waals surface area contributed by atoms with Crippen molar-refractivity contribution in [3.8, 4) is 5.75 Å². The fourth-order valence-electron chi connectivity index (χ4n) is 2.92. The Labute approximate surface area is 142 Å². The first-order chi connectivity index (χ1) is 11.5. The van der Waals surface area contributed by atoms with Crippen molar-refractivity contribution in [3.63, 3.8) is 0 Å². The number of phenols is 1. The molecule has 1 aromatic carbocycles. The standard InChI is InChI=1S/C19H24N2O3/c1-13(2)7-8-18-20-15-12-21(10-9-17(15)24-18)19(23)11-14-5-3-4-6-16(14)22/h3-6,13,22H,7-12H2,1-2H3. The largest absolute Gasteiger partial charge is 0.508 e. The summed E-state index contributed by atoms with van der Waals surface area (Å²) in [6.45, 7) is 5.50. The van der Waals surface area contributed by atoms with Crippen LogP contribution in [-0.4, -0.2) is 27.4 Å². The molecular formula is C19H24N2O3. The lowest BCUT2D eigenvalue weighted by Crippen LogP contribution is -2.36. The highest BCUT2D eigenvalue weighted by atomic mass is 16.4. The minimum atomic E-state index is 0.00822. The van der Waals surface area contributed by atoms with E-state index in [-0.39, 0.29) is 18.1 Å². The lowest BCUT2D eigenvalue weighted by atomic mass is 10.1. The van der Waals surface area contributed by atoms with Gasteiger partial charge in [0.2, 0.25) is 5.91 Å². The van der Waals surface area contributed by atoms with E-state index >= 15 is 0 Å². The molecule has 0 radical (unpaired) electrons. The van der Waals surface area contributed by atoms with Gasteiger partial charge in [-0.05, 0) is 18.4 Å². The van der Waals surface area contributed by atoms with Crippen molar-refractivity contribution in [2.24, 2.45) is 5.92 Å². The maximum atomic E-state index is 12.5. The summed E-state index contributed by atoms with van der Waals surface area (Å²) in [5.74, 6) is 2.49. The molecule has 2 heterocycles. The van der Waals surface area contributed by atoms with E-state index < -0.39 is 0 Å². The molecule has 3 rings (SSSR count). The van der Waals surface area contributed by atoms with Crippen molar-refractivity contribution >= 4 is 5.91 Å². The highest BCUT2D eigenvalue weighted by Gasteiger charge is 2.25. The van der Waals surface area contributed by atoms with E-state index in [9.17, 15) is 9.90 Å². The van der Waals surface area contributed by atoms with Gasteiger partial charge in [-0.1, -0.05) is 32.0 Å². The quantitative estimate of drug-likeness (QED) is 0.916. The third kappa shape index (κ3) is 3.78. The highest BCUT2D eigenvalue weighted by Crippen LogP contribution is 2.23. The molecule has 1 amide bonds. The van der Waals surface area contributed by atoms with E-state index in [1.54, 1.807) is 23.1 Å². The molecule has 1 aliphatic heterocycles. The van der Waals surface area contributed by atoms with Crippen LogP contribution in [0.2, 0.25) is 0 Å². The number of hydrogen-bond donors (Lipinski definition) is 1. The number of fused-ring (bicyclic) bond motifs is 1. The molecule has 0 spiro atoms. The molecule has 2 aromatic rings. The van der Waals surface area contributed by atoms with Crippen molar-refractivity contribution in [3.05, 3.63) is 47.2 Å². The first kappa shape index (κ1) is 16.6. The van der Waals surface area contributed by atoms with Crippen LogP contribution in [-0.2, 0) is 30.6 Å². The van der Waals surface area contributed by atoms with Gasteiger partial charge in [0.05, 0.1) is 13.0 Å². The summed E-state index contributed by atoms with van der Waals surface area (Å²) in [5.41, 5.74) is 1.54. The zero-order chi connectivity index (χ0) is 17.1. The zero-order valence-electron chi connectivity index (χ0n) is 14.3. The second-order valence-electron chi connectivity index (χ2n) is 6.78. The molecule has 5 nitrogen and oxygen atoms in total. The van der Waals surface area contributed by atoms with Crippen LogP contribution in [0.3, 0.4) is 0 Å². The van der Waals surface area contributed by atoms with Gasteiger partial charge in [-0.15, -0.1) is 0 Å². The predicted molar refractivity (Wildman–Crippen MR) is 90.6 cm³/mol. The van der Waals surface area contributed by atoms with Gasteiger partial charge in [0.25, 0.3) is 0 Å². The monoisotopic (exact) mass is 328 g/mol. The van der Waals surface area contributed by atoms with Crippen molar-refractivity contribution in [2.75, 3.05) is 6.54 Å². The van der Waals surface area contributed by atoms with Gasteiger partial charge in [-0.3, -0.25) is 4.79 Å². The van der Waals surface area contributed by atoms with E-state index in [1.807, 2.05) is 6.07 Å². The normalized spacial score (nSPS) is 14.0. The van der Waals surface area contributed by atoms with Gasteiger partial charge >= 0.3 is 0 Å². The number of oxazole rings is 1. The van der Waals surface area contributed by atoms with Gasteiger partial charge < -0.3 is 14.4 Å². The second kappa shape index (κ2) is 7.07. The Balaban J connectivity index is 1.64. The Morgan fingerprint density at radius 2 is 2.17 bits per heavy atom. The van der Waals surface area contributed by atoms with Crippen LogP contribution in [0.15, 0.2) is 28.7 Å². The SMILES string of the molecule is CC(C)CCc1nc2c(o1)CCN(C(=O)Cc1ccccc1O)C2. The van der Waals surface area contributed by atoms with Gasteiger partial charge in [-0.25, -0.2) is 4.98 Å². The van der Waals surface area contributed by atoms with Gasteiger partial charge in [-0.2, -0.15) is 0 Å². The third-order valence-electron chi connectivity index (χ3n) is 4.39. The van der Waals surface area contributed by atoms with E-state index in [1.165, 1.54) is 0 Å². The maximum Gasteiger partial charge on any atom is 0.227 e. The molecule has 0 bridgehead atoms. The first-order valence-corrected chi connectivity index (χ1v) is 8.55. The number of carbonyl (C=O) groups excluding carboxylic acids is 1. The minimum absolute atomic E-state index is 0.00822. The summed E-state index contributed by atoms with van der Waals surface area (Å²) in [6, 6.07) is 6.97. The van der Waals surface area contributed by atoms with Gasteiger partial charge in [0, 0.05) is 24.9 Å². The molecule has 1 aromatic heterocycles. The van der Waals surface area contributed by atoms with Crippen LogP contribution < -0.4 is 0 Å². The Morgan fingerprint density at radius 1 is 1.38 bits per heavy atom. The molecule has 0 atom stereocenters. The molecule has 1 aliphatic rings. The van der Waals surface area contributed by atoms with Gasteiger partial charge in [0.15, 0.2) is 5.89 Å². The minimum Gasteiger partial charge on any atom is -0.508 e. The molecule has 128 valence electrons. The van der Waals surface area contributed by atoms with E-state index in [4.69, 9.17) is 4.42 Å². The number of benzene rings is 1. The number of hydrogen-bond acceptors (Lipinski definition) is 4. The summed E-state index contributed by atoms with van der Waals surface area (Å²) in [6.07, 6.45) is 2.81. The van der Waals surface area contributed by atoms with Crippen molar-refractivity contribution in [1.82, 2.24) is 9.88 Å². The van der Waals surface area contributed by atoms with Crippen LogP contribution in [0.4, 0.5) is 0 Å². The topological polar surface area (TPSA) is 66.6 Å². The van der Waals surface area contributed by atoms with Crippen LogP contribution in [0.5, 0.6) is 5.75 Å². The molecule has 0 saturated carbocycles. The number of phenolic OH excluding ortho intramolecular Hbond substituents is 1. The number of carbonyl (C=O) groups is 1. The Hall–Kier alpha value is -2.30. The van der Waals surface area contributed by atoms with Crippen molar-refractivity contribution in [2.45, 2.75) is 46.1 Å². The molecule has 0 fully saturated rings. The molecule has 0 unspecified atom stereocenters. The van der Waals surface area contributed by atoms with E-state index in [0.29, 0.717) is 31.0 Å². The van der Waals surface area contributed by atoms with Crippen molar-refractivity contribution < 1.29 is 14.3 Å². The number of aromatic nitrogens is 1. The maximum absolute atomic E-state index is 12.5. The summed E-state index contributed by atoms with van der Waals surface area (Å²) in [5, 5.41) is 9.82. The number of aromatic hydroxyl groups is 1. The summed E-state index contributed by atoms with van der Waals surface area (Å²) < 4.78 is 5.83.